The molecule has 2 aliphatic carbocycles. The van der Waals surface area contributed by atoms with Crippen molar-refractivity contribution < 1.29 is 46.9 Å². The third-order valence-electron chi connectivity index (χ3n) is 11.9. The number of hydrogen-bond acceptors (Lipinski definition) is 11. The van der Waals surface area contributed by atoms with Crippen molar-refractivity contribution in [1.82, 2.24) is 30.2 Å². The number of carbonyl (C=O) groups excluding carboxylic acids is 3. The Morgan fingerprint density at radius 1 is 1.07 bits per heavy atom. The molecule has 2 unspecified atom stereocenters. The average molecular weight is 847 g/mol. The van der Waals surface area contributed by atoms with E-state index < -0.39 is 68.7 Å². The van der Waals surface area contributed by atoms with E-state index in [2.05, 4.69) is 20.3 Å². The zero-order valence-electron chi connectivity index (χ0n) is 34.6. The van der Waals surface area contributed by atoms with Crippen LogP contribution in [0.5, 0.6) is 17.4 Å². The monoisotopic (exact) mass is 846 g/mol. The SMILES string of the molecule is CC[C@@H]1C[C@@H](C)CC/C=C\C2CC2(C(=O)NS(=O)(=O)C2CC2)NC(=O)[C@@H]2C[C@@H](Oc3nc(-c4ccc(OC(C)C)cn4)cc4cc(OC)ccc34)CN2C(=O)[C@H]1NC(=O)O. The van der Waals surface area contributed by atoms with E-state index in [1.165, 1.54) is 4.90 Å². The lowest BCUT2D eigenvalue weighted by Gasteiger charge is -2.33. The van der Waals surface area contributed by atoms with Crippen LogP contribution in [-0.2, 0) is 24.4 Å². The van der Waals surface area contributed by atoms with Gasteiger partial charge in [-0.15, -0.1) is 0 Å². The first-order valence-electron chi connectivity index (χ1n) is 20.7. The van der Waals surface area contributed by atoms with Crippen LogP contribution >= 0.6 is 0 Å². The fourth-order valence-corrected chi connectivity index (χ4v) is 9.80. The number of nitrogens with zero attached hydrogens (tertiary/aromatic N) is 3. The molecule has 0 spiro atoms. The molecule has 4 heterocycles. The van der Waals surface area contributed by atoms with Crippen LogP contribution in [0.1, 0.15) is 79.1 Å². The third kappa shape index (κ3) is 9.30. The van der Waals surface area contributed by atoms with Gasteiger partial charge in [0.25, 0.3) is 5.91 Å². The molecule has 16 nitrogen and oxygen atoms in total. The molecule has 7 atom stereocenters. The molecule has 7 rings (SSSR count). The van der Waals surface area contributed by atoms with Crippen molar-refractivity contribution in [2.45, 2.75) is 114 Å². The minimum absolute atomic E-state index is 0.0355. The first-order valence-corrected chi connectivity index (χ1v) is 22.3. The number of rotatable bonds is 11. The summed E-state index contributed by atoms with van der Waals surface area (Å²) in [4.78, 5) is 66.2. The van der Waals surface area contributed by atoms with Crippen molar-refractivity contribution in [3.8, 4) is 28.8 Å². The van der Waals surface area contributed by atoms with Gasteiger partial charge in [-0.25, -0.2) is 18.2 Å². The Bertz CT molecular complexity index is 2270. The second-order valence-corrected chi connectivity index (χ2v) is 18.8. The summed E-state index contributed by atoms with van der Waals surface area (Å²) in [5.74, 6) is -1.45. The van der Waals surface area contributed by atoms with E-state index in [-0.39, 0.29) is 43.2 Å². The Kier molecular flexibility index (Phi) is 12.3. The first-order chi connectivity index (χ1) is 28.6. The van der Waals surface area contributed by atoms with Crippen LogP contribution in [0.3, 0.4) is 0 Å². The highest BCUT2D eigenvalue weighted by atomic mass is 32.2. The maximum atomic E-state index is 14.8. The number of amides is 4. The molecule has 322 valence electrons. The molecule has 1 aromatic carbocycles. The quantitative estimate of drug-likeness (QED) is 0.189. The molecule has 2 aliphatic heterocycles. The first kappa shape index (κ1) is 42.7. The molecule has 4 aliphatic rings. The molecule has 2 saturated carbocycles. The van der Waals surface area contributed by atoms with Crippen LogP contribution in [0, 0.1) is 17.8 Å². The van der Waals surface area contributed by atoms with Gasteiger partial charge in [-0.3, -0.25) is 24.1 Å². The lowest BCUT2D eigenvalue weighted by atomic mass is 9.85. The van der Waals surface area contributed by atoms with Gasteiger partial charge in [0.05, 0.1) is 42.6 Å². The van der Waals surface area contributed by atoms with Crippen molar-refractivity contribution in [2.24, 2.45) is 17.8 Å². The van der Waals surface area contributed by atoms with Crippen molar-refractivity contribution >= 4 is 44.6 Å². The van der Waals surface area contributed by atoms with Gasteiger partial charge in [-0.05, 0) is 106 Å². The molecular weight excluding hydrogens is 793 g/mol. The fourth-order valence-electron chi connectivity index (χ4n) is 8.43. The van der Waals surface area contributed by atoms with E-state index in [4.69, 9.17) is 19.2 Å². The van der Waals surface area contributed by atoms with Crippen molar-refractivity contribution in [1.29, 1.82) is 0 Å². The summed E-state index contributed by atoms with van der Waals surface area (Å²) in [5, 5.41) is 16.0. The Labute approximate surface area is 349 Å². The smallest absolute Gasteiger partial charge is 0.405 e. The number of ether oxygens (including phenoxy) is 3. The Morgan fingerprint density at radius 3 is 2.50 bits per heavy atom. The van der Waals surface area contributed by atoms with Gasteiger partial charge < -0.3 is 34.9 Å². The van der Waals surface area contributed by atoms with Crippen LogP contribution in [0.2, 0.25) is 0 Å². The normalized spacial score (nSPS) is 27.7. The molecule has 1 saturated heterocycles. The van der Waals surface area contributed by atoms with E-state index >= 15 is 0 Å². The second-order valence-electron chi connectivity index (χ2n) is 16.8. The number of carbonyl (C=O) groups is 4. The summed E-state index contributed by atoms with van der Waals surface area (Å²) in [6.45, 7) is 7.68. The Morgan fingerprint density at radius 2 is 1.83 bits per heavy atom. The van der Waals surface area contributed by atoms with Crippen LogP contribution in [0.4, 0.5) is 4.79 Å². The summed E-state index contributed by atoms with van der Waals surface area (Å²) >= 11 is 0. The van der Waals surface area contributed by atoms with Crippen LogP contribution in [-0.4, -0.2) is 101 Å². The van der Waals surface area contributed by atoms with Crippen molar-refractivity contribution in [3.05, 3.63) is 54.7 Å². The number of aromatic nitrogens is 2. The van der Waals surface area contributed by atoms with Gasteiger partial charge in [0.1, 0.15) is 35.2 Å². The Balaban J connectivity index is 1.25. The summed E-state index contributed by atoms with van der Waals surface area (Å²) in [5.41, 5.74) is -0.541. The maximum Gasteiger partial charge on any atom is 0.405 e. The summed E-state index contributed by atoms with van der Waals surface area (Å²) < 4.78 is 46.0. The topological polar surface area (TPSA) is 215 Å². The minimum Gasteiger partial charge on any atom is -0.497 e. The number of nitrogens with one attached hydrogen (secondary N) is 3. The molecule has 0 radical (unpaired) electrons. The van der Waals surface area contributed by atoms with Crippen molar-refractivity contribution in [2.75, 3.05) is 13.7 Å². The highest BCUT2D eigenvalue weighted by Crippen LogP contribution is 2.46. The molecule has 2 aromatic heterocycles. The second kappa shape index (κ2) is 17.3. The van der Waals surface area contributed by atoms with Crippen LogP contribution in [0.25, 0.3) is 22.2 Å². The summed E-state index contributed by atoms with van der Waals surface area (Å²) in [6.07, 6.45) is 6.62. The fraction of sp³-hybridized carbons (Fsp3) is 0.535. The Hall–Kier alpha value is -5.45. The van der Waals surface area contributed by atoms with Gasteiger partial charge in [0.2, 0.25) is 27.7 Å². The summed E-state index contributed by atoms with van der Waals surface area (Å²) in [6, 6.07) is 8.46. The molecular formula is C43H54N6O10S. The minimum atomic E-state index is -3.94. The molecule has 3 fully saturated rings. The van der Waals surface area contributed by atoms with Crippen LogP contribution < -0.4 is 29.6 Å². The number of methoxy groups -OCH3 is 1. The average Bonchev–Trinajstić information content (AvgIpc) is 4.14. The van der Waals surface area contributed by atoms with E-state index in [1.54, 1.807) is 37.6 Å². The van der Waals surface area contributed by atoms with Gasteiger partial charge in [0, 0.05) is 17.7 Å². The lowest BCUT2D eigenvalue weighted by molar-refractivity contribution is -0.142. The number of allylic oxidation sites excluding steroid dienone is 1. The molecule has 60 heavy (non-hydrogen) atoms. The predicted molar refractivity (Wildman–Crippen MR) is 222 cm³/mol. The van der Waals surface area contributed by atoms with E-state index in [0.29, 0.717) is 60.4 Å². The zero-order valence-corrected chi connectivity index (χ0v) is 35.4. The van der Waals surface area contributed by atoms with Crippen molar-refractivity contribution in [3.63, 3.8) is 0 Å². The van der Waals surface area contributed by atoms with Gasteiger partial charge in [-0.1, -0.05) is 32.4 Å². The standard InChI is InChI=1S/C43H54N6O10S/c1-6-26-17-25(4)9-7-8-10-28-21-43(28,41(52)48-60(55,56)32-13-14-32)47-38(50)36-20-31(23-49(36)40(51)37(26)46-42(53)54)59-39-33-15-11-29(57-5)18-27(33)19-35(45-39)34-16-12-30(22-44-34)58-24(2)3/h8,10-12,15-16,18-19,22,24-26,28,31-32,36-37,46H,6-7,9,13-14,17,20-21,23H2,1-5H3,(H,47,50)(H,48,52)(H,53,54)/b10-8-/t25-,26+,28?,31+,36-,37-,43?/m0/s1. The molecule has 17 heteroatoms. The maximum absolute atomic E-state index is 14.8. The number of sulfonamides is 1. The predicted octanol–water partition coefficient (Wildman–Crippen LogP) is 4.96. The molecule has 4 N–H and O–H groups in total. The highest BCUT2D eigenvalue weighted by Gasteiger charge is 2.62. The third-order valence-corrected chi connectivity index (χ3v) is 13.7. The molecule has 3 aromatic rings. The van der Waals surface area contributed by atoms with Crippen LogP contribution in [0.15, 0.2) is 54.7 Å². The number of benzene rings is 1. The number of fused-ring (bicyclic) bond motifs is 3. The number of hydrogen-bond donors (Lipinski definition) is 4. The highest BCUT2D eigenvalue weighted by molar-refractivity contribution is 7.91. The number of carboxylic acid groups (broad SMARTS) is 1. The largest absolute Gasteiger partial charge is 0.497 e. The zero-order chi connectivity index (χ0) is 42.9. The summed E-state index contributed by atoms with van der Waals surface area (Å²) in [7, 11) is -2.37. The van der Waals surface area contributed by atoms with E-state index in [0.717, 1.165) is 11.8 Å². The lowest BCUT2D eigenvalue weighted by Crippen LogP contribution is -2.59. The van der Waals surface area contributed by atoms with E-state index in [1.807, 2.05) is 52.0 Å². The van der Waals surface area contributed by atoms with Gasteiger partial charge in [-0.2, -0.15) is 0 Å². The van der Waals surface area contributed by atoms with Gasteiger partial charge in [0.15, 0.2) is 0 Å². The van der Waals surface area contributed by atoms with E-state index in [9.17, 15) is 32.7 Å². The molecule has 0 bridgehead atoms. The van der Waals surface area contributed by atoms with Gasteiger partial charge >= 0.3 is 6.09 Å². The molecule has 4 amide bonds. The number of pyridine rings is 2.